The van der Waals surface area contributed by atoms with Crippen molar-refractivity contribution in [1.29, 1.82) is 0 Å². The van der Waals surface area contributed by atoms with E-state index in [1.165, 1.54) is 6.92 Å². The van der Waals surface area contributed by atoms with Crippen molar-refractivity contribution in [2.24, 2.45) is 0 Å². The molecule has 0 spiro atoms. The summed E-state index contributed by atoms with van der Waals surface area (Å²) < 4.78 is 5.08. The molecule has 0 saturated carbocycles. The molecule has 2 rings (SSSR count). The van der Waals surface area contributed by atoms with E-state index < -0.39 is 5.97 Å². The first kappa shape index (κ1) is 15.2. The molecule has 0 N–H and O–H groups in total. The average molecular weight is 299 g/mol. The van der Waals surface area contributed by atoms with Crippen molar-refractivity contribution in [3.05, 3.63) is 71.8 Å². The van der Waals surface area contributed by atoms with Crippen molar-refractivity contribution in [2.45, 2.75) is 20.0 Å². The number of carbonyl (C=O) groups is 1. The number of nitrogens with zero attached hydrogens (tertiary/aromatic N) is 1. The fraction of sp³-hybridized carbons (Fsp3) is 0.176. The Hall–Kier alpha value is -2.20. The van der Waals surface area contributed by atoms with Crippen molar-refractivity contribution >= 4 is 23.4 Å². The second-order valence-corrected chi connectivity index (χ2v) is 5.04. The number of thiocarbonyl (C=S) groups is 1. The van der Waals surface area contributed by atoms with Gasteiger partial charge in [0.25, 0.3) is 5.17 Å². The van der Waals surface area contributed by atoms with Gasteiger partial charge in [0.05, 0.1) is 0 Å². The Balaban J connectivity index is 2.13. The Morgan fingerprint density at radius 3 is 1.76 bits per heavy atom. The van der Waals surface area contributed by atoms with Crippen molar-refractivity contribution < 1.29 is 9.53 Å². The normalized spacial score (nSPS) is 9.95. The molecule has 21 heavy (non-hydrogen) atoms. The van der Waals surface area contributed by atoms with Gasteiger partial charge >= 0.3 is 5.97 Å². The summed E-state index contributed by atoms with van der Waals surface area (Å²) >= 11 is 5.23. The molecule has 0 unspecified atom stereocenters. The quantitative estimate of drug-likeness (QED) is 0.638. The Morgan fingerprint density at radius 2 is 1.38 bits per heavy atom. The maximum absolute atomic E-state index is 11.1. The summed E-state index contributed by atoms with van der Waals surface area (Å²) in [5.74, 6) is -0.397. The molecule has 0 amide bonds. The minimum atomic E-state index is -0.397. The highest BCUT2D eigenvalue weighted by molar-refractivity contribution is 7.80. The van der Waals surface area contributed by atoms with Crippen LogP contribution in [0.3, 0.4) is 0 Å². The third-order valence-electron chi connectivity index (χ3n) is 2.92. The fourth-order valence-electron chi connectivity index (χ4n) is 1.98. The van der Waals surface area contributed by atoms with E-state index in [0.717, 1.165) is 11.1 Å². The average Bonchev–Trinajstić information content (AvgIpc) is 2.48. The maximum atomic E-state index is 11.1. The van der Waals surface area contributed by atoms with E-state index in [1.807, 2.05) is 65.6 Å². The van der Waals surface area contributed by atoms with Gasteiger partial charge in [0.1, 0.15) is 0 Å². The van der Waals surface area contributed by atoms with E-state index in [1.54, 1.807) is 0 Å². The SMILES string of the molecule is CC(=O)OC(=S)N(Cc1ccccc1)Cc1ccccc1. The largest absolute Gasteiger partial charge is 0.399 e. The third-order valence-corrected chi connectivity index (χ3v) is 3.26. The van der Waals surface area contributed by atoms with Crippen LogP contribution in [0, 0.1) is 0 Å². The Morgan fingerprint density at radius 1 is 0.952 bits per heavy atom. The molecule has 0 atom stereocenters. The van der Waals surface area contributed by atoms with Crippen LogP contribution in [0.1, 0.15) is 18.1 Å². The number of carbonyl (C=O) groups excluding carboxylic acids is 1. The molecule has 0 fully saturated rings. The van der Waals surface area contributed by atoms with Gasteiger partial charge in [-0.25, -0.2) is 0 Å². The van der Waals surface area contributed by atoms with Gasteiger partial charge in [0.15, 0.2) is 0 Å². The molecular weight excluding hydrogens is 282 g/mol. The predicted octanol–water partition coefficient (Wildman–Crippen LogP) is 3.54. The smallest absolute Gasteiger partial charge is 0.309 e. The number of rotatable bonds is 4. The Labute approximate surface area is 130 Å². The summed E-state index contributed by atoms with van der Waals surface area (Å²) in [6.45, 7) is 2.55. The molecule has 3 nitrogen and oxygen atoms in total. The van der Waals surface area contributed by atoms with Crippen molar-refractivity contribution in [3.8, 4) is 0 Å². The predicted molar refractivity (Wildman–Crippen MR) is 86.5 cm³/mol. The van der Waals surface area contributed by atoms with Crippen LogP contribution in [0.4, 0.5) is 0 Å². The number of ether oxygens (including phenoxy) is 1. The van der Waals surface area contributed by atoms with Gasteiger partial charge in [-0.1, -0.05) is 60.7 Å². The van der Waals surface area contributed by atoms with E-state index in [-0.39, 0.29) is 5.17 Å². The molecule has 0 aliphatic heterocycles. The lowest BCUT2D eigenvalue weighted by Crippen LogP contribution is -2.31. The van der Waals surface area contributed by atoms with Gasteiger partial charge in [-0.2, -0.15) is 0 Å². The van der Waals surface area contributed by atoms with Crippen molar-refractivity contribution in [2.75, 3.05) is 0 Å². The van der Waals surface area contributed by atoms with E-state index in [0.29, 0.717) is 13.1 Å². The molecule has 0 aliphatic rings. The molecule has 0 aliphatic carbocycles. The van der Waals surface area contributed by atoms with Crippen LogP contribution in [0.5, 0.6) is 0 Å². The van der Waals surface area contributed by atoms with Crippen molar-refractivity contribution in [3.63, 3.8) is 0 Å². The molecule has 2 aromatic carbocycles. The molecule has 0 bridgehead atoms. The minimum absolute atomic E-state index is 0.204. The van der Waals surface area contributed by atoms with Gasteiger partial charge in [-0.3, -0.25) is 4.79 Å². The van der Waals surface area contributed by atoms with E-state index in [2.05, 4.69) is 0 Å². The summed E-state index contributed by atoms with van der Waals surface area (Å²) in [7, 11) is 0. The number of hydrogen-bond donors (Lipinski definition) is 0. The van der Waals surface area contributed by atoms with Crippen LogP contribution in [0.2, 0.25) is 0 Å². The fourth-order valence-corrected chi connectivity index (χ4v) is 2.23. The highest BCUT2D eigenvalue weighted by Crippen LogP contribution is 2.11. The zero-order valence-electron chi connectivity index (χ0n) is 11.9. The highest BCUT2D eigenvalue weighted by Gasteiger charge is 2.14. The third kappa shape index (κ3) is 5.00. The molecule has 0 heterocycles. The van der Waals surface area contributed by atoms with Crippen LogP contribution < -0.4 is 0 Å². The highest BCUT2D eigenvalue weighted by atomic mass is 32.1. The monoisotopic (exact) mass is 299 g/mol. The zero-order chi connectivity index (χ0) is 15.1. The molecule has 0 radical (unpaired) electrons. The Bertz CT molecular complexity index is 557. The van der Waals surface area contributed by atoms with E-state index >= 15 is 0 Å². The van der Waals surface area contributed by atoms with Crippen molar-refractivity contribution in [1.82, 2.24) is 4.90 Å². The van der Waals surface area contributed by atoms with Crippen LogP contribution in [-0.2, 0) is 22.6 Å². The summed E-state index contributed by atoms with van der Waals surface area (Å²) in [5, 5.41) is 0.204. The van der Waals surface area contributed by atoms with Crippen LogP contribution >= 0.6 is 12.2 Å². The lowest BCUT2D eigenvalue weighted by atomic mass is 10.2. The first-order valence-electron chi connectivity index (χ1n) is 6.70. The molecule has 2 aromatic rings. The summed E-state index contributed by atoms with van der Waals surface area (Å²) in [4.78, 5) is 13.0. The van der Waals surface area contributed by atoms with Crippen LogP contribution in [0.15, 0.2) is 60.7 Å². The molecule has 4 heteroatoms. The van der Waals surface area contributed by atoms with Gasteiger partial charge < -0.3 is 9.64 Å². The number of hydrogen-bond acceptors (Lipinski definition) is 3. The molecule has 0 saturated heterocycles. The second kappa shape index (κ2) is 7.55. The van der Waals surface area contributed by atoms with Gasteiger partial charge in [-0.05, 0) is 23.3 Å². The Kier molecular flexibility index (Phi) is 5.46. The minimum Gasteiger partial charge on any atom is -0.399 e. The van der Waals surface area contributed by atoms with Gasteiger partial charge in [-0.15, -0.1) is 0 Å². The lowest BCUT2D eigenvalue weighted by Gasteiger charge is -2.24. The van der Waals surface area contributed by atoms with Crippen LogP contribution in [0.25, 0.3) is 0 Å². The zero-order valence-corrected chi connectivity index (χ0v) is 12.7. The first-order chi connectivity index (χ1) is 10.1. The summed E-state index contributed by atoms with van der Waals surface area (Å²) in [5.41, 5.74) is 2.23. The summed E-state index contributed by atoms with van der Waals surface area (Å²) in [6.07, 6.45) is 0. The number of benzene rings is 2. The van der Waals surface area contributed by atoms with Crippen LogP contribution in [-0.4, -0.2) is 16.0 Å². The molecular formula is C17H17NO2S. The maximum Gasteiger partial charge on any atom is 0.309 e. The van der Waals surface area contributed by atoms with Gasteiger partial charge in [0, 0.05) is 20.0 Å². The number of esters is 1. The van der Waals surface area contributed by atoms with E-state index in [9.17, 15) is 4.79 Å². The lowest BCUT2D eigenvalue weighted by molar-refractivity contribution is -0.133. The standard InChI is InChI=1S/C17H17NO2S/c1-14(19)20-17(21)18(12-15-8-4-2-5-9-15)13-16-10-6-3-7-11-16/h2-11H,12-13H2,1H3. The topological polar surface area (TPSA) is 29.5 Å². The first-order valence-corrected chi connectivity index (χ1v) is 7.11. The summed E-state index contributed by atoms with van der Waals surface area (Å²) in [6, 6.07) is 19.9. The molecule has 0 aromatic heterocycles. The van der Waals surface area contributed by atoms with Gasteiger partial charge in [0.2, 0.25) is 0 Å². The van der Waals surface area contributed by atoms with E-state index in [4.69, 9.17) is 17.0 Å². The molecule has 108 valence electrons. The second-order valence-electron chi connectivity index (χ2n) is 4.69.